The summed E-state index contributed by atoms with van der Waals surface area (Å²) in [5, 5.41) is 6.62. The van der Waals surface area contributed by atoms with E-state index in [0.717, 1.165) is 19.0 Å². The van der Waals surface area contributed by atoms with Gasteiger partial charge in [0.05, 0.1) is 6.54 Å². The molecule has 0 aromatic rings. The topological polar surface area (TPSA) is 56.7 Å². The van der Waals surface area contributed by atoms with Crippen molar-refractivity contribution in [1.82, 2.24) is 15.5 Å². The van der Waals surface area contributed by atoms with Crippen LogP contribution in [0.2, 0.25) is 0 Å². The van der Waals surface area contributed by atoms with Crippen LogP contribution in [-0.4, -0.2) is 63.8 Å². The molecule has 1 rings (SSSR count). The molecule has 2 N–H and O–H groups in total. The number of piperidine rings is 1. The molecular weight excluding hydrogens is 320 g/mol. The van der Waals surface area contributed by atoms with E-state index in [1.807, 2.05) is 20.8 Å². The Balaban J connectivity index is 2.53. The molecule has 0 bridgehead atoms. The molecule has 1 aliphatic heterocycles. The van der Waals surface area contributed by atoms with Crippen molar-refractivity contribution in [2.75, 3.05) is 38.5 Å². The van der Waals surface area contributed by atoms with Crippen molar-refractivity contribution < 1.29 is 4.21 Å². The van der Waals surface area contributed by atoms with Crippen molar-refractivity contribution in [3.63, 3.8) is 0 Å². The van der Waals surface area contributed by atoms with Crippen molar-refractivity contribution in [3.05, 3.63) is 0 Å². The molecule has 1 unspecified atom stereocenters. The second-order valence-corrected chi connectivity index (χ2v) is 10.5. The summed E-state index contributed by atoms with van der Waals surface area (Å²) in [5.74, 6) is 1.47. The molecule has 0 spiro atoms. The van der Waals surface area contributed by atoms with Gasteiger partial charge in [0, 0.05) is 39.9 Å². The molecule has 24 heavy (non-hydrogen) atoms. The monoisotopic (exact) mass is 358 g/mol. The lowest BCUT2D eigenvalue weighted by Crippen LogP contribution is -2.49. The minimum absolute atomic E-state index is 0.0804. The van der Waals surface area contributed by atoms with Crippen LogP contribution in [0.3, 0.4) is 0 Å². The van der Waals surface area contributed by atoms with Crippen LogP contribution in [0.25, 0.3) is 0 Å². The molecule has 5 nitrogen and oxygen atoms in total. The van der Waals surface area contributed by atoms with Crippen molar-refractivity contribution in [1.29, 1.82) is 0 Å². The molecule has 0 saturated carbocycles. The lowest BCUT2D eigenvalue weighted by molar-refractivity contribution is 0.102. The second kappa shape index (κ2) is 9.76. The van der Waals surface area contributed by atoms with Crippen molar-refractivity contribution in [2.45, 2.75) is 71.1 Å². The van der Waals surface area contributed by atoms with E-state index in [2.05, 4.69) is 36.3 Å². The van der Waals surface area contributed by atoms with Crippen molar-refractivity contribution in [2.24, 2.45) is 4.99 Å². The van der Waals surface area contributed by atoms with Crippen LogP contribution in [0, 0.1) is 0 Å². The SMILES string of the molecule is CCNC(=NCC(C)(C)N1CCCCC1)NCCS(=O)C(C)(C)C. The molecule has 0 aromatic carbocycles. The van der Waals surface area contributed by atoms with Crippen LogP contribution in [0.5, 0.6) is 0 Å². The molecule has 0 radical (unpaired) electrons. The molecular formula is C18H38N4OS. The van der Waals surface area contributed by atoms with Crippen LogP contribution < -0.4 is 10.6 Å². The zero-order chi connectivity index (χ0) is 18.2. The predicted molar refractivity (Wildman–Crippen MR) is 106 cm³/mol. The predicted octanol–water partition coefficient (Wildman–Crippen LogP) is 2.35. The van der Waals surface area contributed by atoms with Gasteiger partial charge < -0.3 is 10.6 Å². The molecule has 142 valence electrons. The van der Waals surface area contributed by atoms with Gasteiger partial charge >= 0.3 is 0 Å². The molecule has 0 amide bonds. The van der Waals surface area contributed by atoms with Gasteiger partial charge in [-0.2, -0.15) is 0 Å². The number of nitrogens with zero attached hydrogens (tertiary/aromatic N) is 2. The van der Waals surface area contributed by atoms with E-state index in [4.69, 9.17) is 4.99 Å². The minimum atomic E-state index is -0.836. The average molecular weight is 359 g/mol. The van der Waals surface area contributed by atoms with Crippen LogP contribution in [0.1, 0.15) is 60.8 Å². The standard InChI is InChI=1S/C18H38N4OS/c1-7-19-16(20-11-14-24(23)17(2,3)4)21-15-18(5,6)22-12-9-8-10-13-22/h7-15H2,1-6H3,(H2,19,20,21). The fraction of sp³-hybridized carbons (Fsp3) is 0.944. The smallest absolute Gasteiger partial charge is 0.191 e. The van der Waals surface area contributed by atoms with Gasteiger partial charge in [-0.1, -0.05) is 6.42 Å². The third kappa shape index (κ3) is 7.51. The Labute approximate surface area is 151 Å². The van der Waals surface area contributed by atoms with Gasteiger partial charge in [0.25, 0.3) is 0 Å². The Hall–Kier alpha value is -0.620. The van der Waals surface area contributed by atoms with Crippen LogP contribution in [-0.2, 0) is 10.8 Å². The largest absolute Gasteiger partial charge is 0.357 e. The summed E-state index contributed by atoms with van der Waals surface area (Å²) in [6.07, 6.45) is 3.94. The van der Waals surface area contributed by atoms with E-state index in [0.29, 0.717) is 12.3 Å². The highest BCUT2D eigenvalue weighted by Crippen LogP contribution is 2.20. The van der Waals surface area contributed by atoms with Crippen LogP contribution >= 0.6 is 0 Å². The Bertz CT molecular complexity index is 423. The first-order valence-corrected chi connectivity index (χ1v) is 10.6. The van der Waals surface area contributed by atoms with Crippen LogP contribution in [0.4, 0.5) is 0 Å². The Morgan fingerprint density at radius 3 is 2.25 bits per heavy atom. The van der Waals surface area contributed by atoms with Crippen LogP contribution in [0.15, 0.2) is 4.99 Å². The molecule has 1 aliphatic rings. The zero-order valence-electron chi connectivity index (χ0n) is 16.6. The number of hydrogen-bond acceptors (Lipinski definition) is 3. The third-order valence-corrected chi connectivity index (χ3v) is 6.38. The lowest BCUT2D eigenvalue weighted by atomic mass is 9.99. The van der Waals surface area contributed by atoms with Gasteiger partial charge in [-0.25, -0.2) is 0 Å². The maximum Gasteiger partial charge on any atom is 0.191 e. The van der Waals surface area contributed by atoms with E-state index in [-0.39, 0.29) is 10.3 Å². The molecule has 0 aliphatic carbocycles. The summed E-state index contributed by atoms with van der Waals surface area (Å²) < 4.78 is 12.0. The molecule has 1 atom stereocenters. The first-order valence-electron chi connectivity index (χ1n) is 9.32. The highest BCUT2D eigenvalue weighted by Gasteiger charge is 2.27. The van der Waals surface area contributed by atoms with E-state index in [1.165, 1.54) is 32.4 Å². The first kappa shape index (κ1) is 21.4. The summed E-state index contributed by atoms with van der Waals surface area (Å²) in [7, 11) is -0.836. The number of nitrogens with one attached hydrogen (secondary N) is 2. The normalized spacial score (nSPS) is 19.2. The van der Waals surface area contributed by atoms with Crippen molar-refractivity contribution in [3.8, 4) is 0 Å². The Kier molecular flexibility index (Phi) is 8.71. The van der Waals surface area contributed by atoms with Gasteiger partial charge in [-0.15, -0.1) is 0 Å². The molecule has 1 heterocycles. The quantitative estimate of drug-likeness (QED) is 0.542. The van der Waals surface area contributed by atoms with Gasteiger partial charge in [-0.3, -0.25) is 14.1 Å². The highest BCUT2D eigenvalue weighted by atomic mass is 32.2. The number of hydrogen-bond donors (Lipinski definition) is 2. The summed E-state index contributed by atoms with van der Waals surface area (Å²) >= 11 is 0. The zero-order valence-corrected chi connectivity index (χ0v) is 17.4. The van der Waals surface area contributed by atoms with Gasteiger partial charge in [-0.05, 0) is 67.5 Å². The first-order chi connectivity index (χ1) is 11.2. The van der Waals surface area contributed by atoms with Gasteiger partial charge in [0.15, 0.2) is 5.96 Å². The fourth-order valence-corrected chi connectivity index (χ4v) is 3.68. The number of rotatable bonds is 7. The fourth-order valence-electron chi connectivity index (χ4n) is 2.78. The lowest BCUT2D eigenvalue weighted by Gasteiger charge is -2.40. The van der Waals surface area contributed by atoms with E-state index in [9.17, 15) is 4.21 Å². The summed E-state index contributed by atoms with van der Waals surface area (Å²) in [6.45, 7) is 17.3. The van der Waals surface area contributed by atoms with E-state index >= 15 is 0 Å². The number of aliphatic imine (C=N–C) groups is 1. The average Bonchev–Trinajstić information content (AvgIpc) is 2.52. The van der Waals surface area contributed by atoms with Crippen molar-refractivity contribution >= 4 is 16.8 Å². The maximum absolute atomic E-state index is 12.1. The highest BCUT2D eigenvalue weighted by molar-refractivity contribution is 7.86. The maximum atomic E-state index is 12.1. The second-order valence-electron chi connectivity index (χ2n) is 8.14. The molecule has 0 aromatic heterocycles. The van der Waals surface area contributed by atoms with Gasteiger partial charge in [0.1, 0.15) is 0 Å². The Morgan fingerprint density at radius 1 is 1.08 bits per heavy atom. The minimum Gasteiger partial charge on any atom is -0.357 e. The van der Waals surface area contributed by atoms with E-state index in [1.54, 1.807) is 0 Å². The Morgan fingerprint density at radius 2 is 1.71 bits per heavy atom. The summed E-state index contributed by atoms with van der Waals surface area (Å²) in [4.78, 5) is 7.33. The third-order valence-electron chi connectivity index (χ3n) is 4.44. The van der Waals surface area contributed by atoms with E-state index < -0.39 is 10.8 Å². The molecule has 6 heteroatoms. The molecule has 1 saturated heterocycles. The summed E-state index contributed by atoms with van der Waals surface area (Å²) in [5.41, 5.74) is 0.0804. The number of likely N-dealkylation sites (tertiary alicyclic amines) is 1. The number of guanidine groups is 1. The molecule has 1 fully saturated rings. The van der Waals surface area contributed by atoms with Gasteiger partial charge in [0.2, 0.25) is 0 Å². The summed E-state index contributed by atoms with van der Waals surface area (Å²) in [6, 6.07) is 0.